The molecule has 2 heterocycles. The normalized spacial score (nSPS) is 14.3. The van der Waals surface area contributed by atoms with Crippen LogP contribution in [0.3, 0.4) is 0 Å². The summed E-state index contributed by atoms with van der Waals surface area (Å²) in [5, 5.41) is 17.4. The summed E-state index contributed by atoms with van der Waals surface area (Å²) < 4.78 is 23.0. The van der Waals surface area contributed by atoms with Gasteiger partial charge in [0.1, 0.15) is 0 Å². The average molecular weight is 1300 g/mol. The fourth-order valence-corrected chi connectivity index (χ4v) is 13.5. The molecule has 0 aromatic carbocycles. The van der Waals surface area contributed by atoms with Gasteiger partial charge < -0.3 is 39.0 Å². The van der Waals surface area contributed by atoms with E-state index in [4.69, 9.17) is 29.2 Å². The largest absolute Gasteiger partial charge is 0.481 e. The summed E-state index contributed by atoms with van der Waals surface area (Å²) in [6.07, 6.45) is 55.8. The van der Waals surface area contributed by atoms with Crippen LogP contribution in [0, 0.1) is 35.5 Å². The maximum atomic E-state index is 13.0. The van der Waals surface area contributed by atoms with Crippen molar-refractivity contribution in [1.29, 1.82) is 0 Å². The molecule has 540 valence electrons. The van der Waals surface area contributed by atoms with Crippen LogP contribution in [0.25, 0.3) is 0 Å². The molecule has 0 amide bonds. The lowest BCUT2D eigenvalue weighted by molar-refractivity contribution is -0.152. The zero-order valence-electron chi connectivity index (χ0n) is 60.8. The Hall–Kier alpha value is -3.26. The first-order valence-corrected chi connectivity index (χ1v) is 39.2. The molecule has 2 aliphatic rings. The predicted molar refractivity (Wildman–Crippen MR) is 378 cm³/mol. The molecule has 0 saturated carbocycles. The van der Waals surface area contributed by atoms with Gasteiger partial charge in [-0.15, -0.1) is 0 Å². The molecule has 0 aromatic rings. The number of unbranched alkanes of at least 4 members (excludes halogenated alkanes) is 24. The quantitative estimate of drug-likeness (QED) is 0.0333. The van der Waals surface area contributed by atoms with Crippen molar-refractivity contribution in [3.63, 3.8) is 0 Å². The van der Waals surface area contributed by atoms with Crippen molar-refractivity contribution in [1.82, 2.24) is 9.80 Å². The molecule has 2 saturated heterocycles. The van der Waals surface area contributed by atoms with Crippen molar-refractivity contribution >= 4 is 35.8 Å². The van der Waals surface area contributed by atoms with Crippen molar-refractivity contribution in [2.45, 2.75) is 362 Å². The molecular formula is C78H146N2O12. The van der Waals surface area contributed by atoms with Crippen LogP contribution in [-0.4, -0.2) is 123 Å². The molecule has 92 heavy (non-hydrogen) atoms. The second-order valence-electron chi connectivity index (χ2n) is 28.6. The highest BCUT2D eigenvalue weighted by Crippen LogP contribution is 2.28. The number of carboxylic acids is 2. The molecule has 0 spiro atoms. The van der Waals surface area contributed by atoms with Crippen molar-refractivity contribution in [2.75, 3.05) is 66.7 Å². The first-order valence-electron chi connectivity index (χ1n) is 39.2. The van der Waals surface area contributed by atoms with Crippen LogP contribution >= 0.6 is 0 Å². The molecular weight excluding hydrogens is 1160 g/mol. The van der Waals surface area contributed by atoms with Gasteiger partial charge in [0.05, 0.1) is 38.3 Å². The smallest absolute Gasteiger partial charge is 0.309 e. The number of nitrogens with zero attached hydrogens (tertiary/aromatic N) is 2. The fraction of sp³-hybridized carbons (Fsp3) is 0.923. The molecule has 0 aromatic heterocycles. The molecule has 2 aliphatic heterocycles. The summed E-state index contributed by atoms with van der Waals surface area (Å²) in [6, 6.07) is 0. The van der Waals surface area contributed by atoms with Crippen LogP contribution in [0.1, 0.15) is 362 Å². The zero-order valence-corrected chi connectivity index (χ0v) is 60.8. The van der Waals surface area contributed by atoms with E-state index < -0.39 is 11.9 Å². The molecule has 2 N–H and O–H groups in total. The molecule has 0 aliphatic carbocycles. The lowest BCUT2D eigenvalue weighted by Crippen LogP contribution is -2.34. The van der Waals surface area contributed by atoms with Crippen LogP contribution in [-0.2, 0) is 47.7 Å². The van der Waals surface area contributed by atoms with Gasteiger partial charge in [-0.25, -0.2) is 0 Å². The third-order valence-electron chi connectivity index (χ3n) is 19.9. The van der Waals surface area contributed by atoms with Crippen LogP contribution in [0.5, 0.6) is 0 Å². The Balaban J connectivity index is 0.00000125. The standard InChI is InChI=1S/C57H109NO6.C21H37NO6/c1-6-10-14-18-24-34-51(35-25-19-15-11-7-2)40-32-48-62-55(59)42-30-22-28-38-53(50-64-57(61)54-44-46-58(5)47-45-54)39-29-23-31-43-56(60)63-49-33-41-52(36-26-20-16-12-8-3)37-27-21-17-13-9-4;1-22-14-12-18(13-15-22)21(27)28-16-17(8-4-2-6-10-19(23)24)9-5-3-7-11-20(25)26/h51-54H,6-50H2,1-5H3;17-18H,2-16H2,1H3,(H,23,24)(H,25,26). The number of esters is 4. The number of piperidine rings is 2. The van der Waals surface area contributed by atoms with Gasteiger partial charge in [-0.2, -0.15) is 0 Å². The molecule has 0 radical (unpaired) electrons. The number of likely N-dealkylation sites (tertiary alicyclic amines) is 2. The summed E-state index contributed by atoms with van der Waals surface area (Å²) in [7, 11) is 4.18. The second kappa shape index (κ2) is 62.5. The van der Waals surface area contributed by atoms with Gasteiger partial charge in [-0.3, -0.25) is 28.8 Å². The van der Waals surface area contributed by atoms with E-state index in [1.807, 2.05) is 0 Å². The number of hydrogen-bond donors (Lipinski definition) is 2. The second-order valence-corrected chi connectivity index (χ2v) is 28.6. The minimum Gasteiger partial charge on any atom is -0.481 e. The number of carboxylic acid groups (broad SMARTS) is 2. The number of carbonyl (C=O) groups is 6. The van der Waals surface area contributed by atoms with E-state index in [1.54, 1.807) is 0 Å². The summed E-state index contributed by atoms with van der Waals surface area (Å²) in [4.78, 5) is 76.3. The van der Waals surface area contributed by atoms with E-state index in [0.29, 0.717) is 58.0 Å². The van der Waals surface area contributed by atoms with Crippen molar-refractivity contribution in [3.8, 4) is 0 Å². The number of carbonyl (C=O) groups excluding carboxylic acids is 4. The van der Waals surface area contributed by atoms with Crippen molar-refractivity contribution < 1.29 is 57.9 Å². The highest BCUT2D eigenvalue weighted by molar-refractivity contribution is 5.73. The molecule has 2 rings (SSSR count). The van der Waals surface area contributed by atoms with Gasteiger partial charge in [0.2, 0.25) is 0 Å². The number of ether oxygens (including phenoxy) is 4. The first kappa shape index (κ1) is 86.8. The van der Waals surface area contributed by atoms with Gasteiger partial charge >= 0.3 is 35.8 Å². The van der Waals surface area contributed by atoms with E-state index >= 15 is 0 Å². The molecule has 0 unspecified atom stereocenters. The topological polar surface area (TPSA) is 186 Å². The Labute approximate surface area is 564 Å². The van der Waals surface area contributed by atoms with Gasteiger partial charge in [0.15, 0.2) is 0 Å². The van der Waals surface area contributed by atoms with E-state index in [9.17, 15) is 28.8 Å². The highest BCUT2D eigenvalue weighted by Gasteiger charge is 2.27. The van der Waals surface area contributed by atoms with E-state index in [2.05, 4.69) is 51.6 Å². The van der Waals surface area contributed by atoms with Crippen molar-refractivity contribution in [3.05, 3.63) is 0 Å². The maximum absolute atomic E-state index is 13.0. The number of aliphatic carboxylic acids is 2. The highest BCUT2D eigenvalue weighted by atomic mass is 16.5. The van der Waals surface area contributed by atoms with E-state index in [0.717, 1.165) is 166 Å². The third kappa shape index (κ3) is 53.9. The Morgan fingerprint density at radius 2 is 0.554 bits per heavy atom. The molecule has 2 fully saturated rings. The Bertz CT molecular complexity index is 1640. The van der Waals surface area contributed by atoms with Gasteiger partial charge in [0, 0.05) is 25.7 Å². The maximum Gasteiger partial charge on any atom is 0.309 e. The minimum atomic E-state index is -0.762. The number of hydrogen-bond acceptors (Lipinski definition) is 12. The van der Waals surface area contributed by atoms with Gasteiger partial charge in [0.25, 0.3) is 0 Å². The Kier molecular flexibility index (Phi) is 59.0. The van der Waals surface area contributed by atoms with Crippen molar-refractivity contribution in [2.24, 2.45) is 35.5 Å². The predicted octanol–water partition coefficient (Wildman–Crippen LogP) is 20.3. The van der Waals surface area contributed by atoms with Gasteiger partial charge in [-0.1, -0.05) is 233 Å². The molecule has 0 bridgehead atoms. The average Bonchev–Trinajstić information content (AvgIpc) is 2.06. The SMILES string of the molecule is CCCCCCCC(CCCCCCC)CCCOC(=O)CCCCCC(CCCCCC(=O)OCCCC(CCCCCCC)CCCCCCC)COC(=O)C1CCN(C)CC1.CN1CCC(C(=O)OCC(CCCCCC(=O)O)CCCCCC(=O)O)CC1. The minimum absolute atomic E-state index is 0.00276. The summed E-state index contributed by atoms with van der Waals surface area (Å²) in [5.41, 5.74) is 0. The van der Waals surface area contributed by atoms with Gasteiger partial charge in [-0.05, 0) is 167 Å². The number of rotatable bonds is 62. The fourth-order valence-electron chi connectivity index (χ4n) is 13.5. The summed E-state index contributed by atoms with van der Waals surface area (Å²) >= 11 is 0. The van der Waals surface area contributed by atoms with Crippen LogP contribution in [0.15, 0.2) is 0 Å². The summed E-state index contributed by atoms with van der Waals surface area (Å²) in [5.74, 6) is 0.404. The van der Waals surface area contributed by atoms with Crippen LogP contribution in [0.2, 0.25) is 0 Å². The first-order chi connectivity index (χ1) is 44.7. The lowest BCUT2D eigenvalue weighted by atomic mass is 9.90. The van der Waals surface area contributed by atoms with E-state index in [1.165, 1.54) is 167 Å². The molecule has 0 atom stereocenters. The third-order valence-corrected chi connectivity index (χ3v) is 19.9. The molecule has 14 heteroatoms. The van der Waals surface area contributed by atoms with E-state index in [-0.39, 0.29) is 54.5 Å². The van der Waals surface area contributed by atoms with Crippen LogP contribution < -0.4 is 0 Å². The Morgan fingerprint density at radius 3 is 0.826 bits per heavy atom. The summed E-state index contributed by atoms with van der Waals surface area (Å²) in [6.45, 7) is 14.9. The monoisotopic (exact) mass is 1300 g/mol. The Morgan fingerprint density at radius 1 is 0.315 bits per heavy atom. The molecule has 14 nitrogen and oxygen atoms in total. The van der Waals surface area contributed by atoms with Crippen LogP contribution in [0.4, 0.5) is 0 Å². The zero-order chi connectivity index (χ0) is 67.3. The lowest BCUT2D eigenvalue weighted by Gasteiger charge is -2.28.